The van der Waals surface area contributed by atoms with Gasteiger partial charge in [0.2, 0.25) is 0 Å². The van der Waals surface area contributed by atoms with Gasteiger partial charge < -0.3 is 5.32 Å². The molecule has 1 aliphatic carbocycles. The smallest absolute Gasteiger partial charge is 0.276 e. The summed E-state index contributed by atoms with van der Waals surface area (Å²) in [7, 11) is 0. The summed E-state index contributed by atoms with van der Waals surface area (Å²) >= 11 is 0. The van der Waals surface area contributed by atoms with Crippen molar-refractivity contribution in [3.8, 4) is 0 Å². The number of rotatable bonds is 5. The van der Waals surface area contributed by atoms with Gasteiger partial charge in [0, 0.05) is 17.3 Å². The Balaban J connectivity index is 1.52. The highest BCUT2D eigenvalue weighted by atomic mass is 16.2. The monoisotopic (exact) mass is 364 g/mol. The quantitative estimate of drug-likeness (QED) is 0.753. The van der Waals surface area contributed by atoms with Gasteiger partial charge in [0.1, 0.15) is 12.7 Å². The summed E-state index contributed by atoms with van der Waals surface area (Å²) in [5, 5.41) is 11.7. The van der Waals surface area contributed by atoms with Crippen LogP contribution in [0.1, 0.15) is 61.3 Å². The number of hydrogen-bond acceptors (Lipinski definition) is 4. The molecule has 0 atom stereocenters. The molecule has 1 amide bonds. The number of amides is 1. The van der Waals surface area contributed by atoms with E-state index in [0.717, 1.165) is 16.9 Å². The first kappa shape index (κ1) is 17.5. The maximum Gasteiger partial charge on any atom is 0.276 e. The molecule has 4 rings (SSSR count). The molecule has 0 saturated heterocycles. The number of hydrogen-bond donors (Lipinski definition) is 1. The van der Waals surface area contributed by atoms with Gasteiger partial charge in [-0.15, -0.1) is 0 Å². The van der Waals surface area contributed by atoms with Crippen LogP contribution in [0.3, 0.4) is 0 Å². The van der Waals surface area contributed by atoms with Gasteiger partial charge in [0.05, 0.1) is 12.1 Å². The number of benzene rings is 1. The van der Waals surface area contributed by atoms with E-state index < -0.39 is 0 Å². The van der Waals surface area contributed by atoms with Gasteiger partial charge in [-0.1, -0.05) is 12.1 Å². The number of carbonyl (C=O) groups excluding carboxylic acids is 1. The maximum absolute atomic E-state index is 12.8. The number of carbonyl (C=O) groups is 1. The Hall–Kier alpha value is -2.96. The topological polar surface area (TPSA) is 77.6 Å². The second-order valence-electron chi connectivity index (χ2n) is 8.06. The van der Waals surface area contributed by atoms with Gasteiger partial charge in [-0.05, 0) is 57.4 Å². The molecular weight excluding hydrogens is 340 g/mol. The molecule has 1 aliphatic rings. The van der Waals surface area contributed by atoms with E-state index in [-0.39, 0.29) is 11.4 Å². The first-order valence-electron chi connectivity index (χ1n) is 9.23. The Labute approximate surface area is 158 Å². The van der Waals surface area contributed by atoms with E-state index in [0.29, 0.717) is 18.2 Å². The molecule has 7 heteroatoms. The Morgan fingerprint density at radius 2 is 2.07 bits per heavy atom. The van der Waals surface area contributed by atoms with Crippen LogP contribution in [-0.4, -0.2) is 30.5 Å². The molecule has 1 N–H and O–H groups in total. The van der Waals surface area contributed by atoms with Crippen LogP contribution < -0.4 is 5.32 Å². The molecule has 1 aromatic carbocycles. The average Bonchev–Trinajstić information content (AvgIpc) is 3.14. The molecule has 0 spiro atoms. The van der Waals surface area contributed by atoms with Crippen molar-refractivity contribution in [2.45, 2.75) is 51.6 Å². The minimum atomic E-state index is -0.183. The fourth-order valence-corrected chi connectivity index (χ4v) is 3.16. The molecule has 0 radical (unpaired) electrons. The first-order valence-corrected chi connectivity index (χ1v) is 9.23. The van der Waals surface area contributed by atoms with E-state index >= 15 is 0 Å². The highest BCUT2D eigenvalue weighted by molar-refractivity contribution is 6.03. The molecule has 7 nitrogen and oxygen atoms in total. The van der Waals surface area contributed by atoms with Crippen molar-refractivity contribution in [2.75, 3.05) is 5.32 Å². The van der Waals surface area contributed by atoms with Gasteiger partial charge in [0.25, 0.3) is 5.91 Å². The lowest BCUT2D eigenvalue weighted by atomic mass is 10.1. The average molecular weight is 364 g/mol. The fourth-order valence-electron chi connectivity index (χ4n) is 3.16. The second-order valence-corrected chi connectivity index (χ2v) is 8.06. The normalized spacial score (nSPS) is 14.3. The lowest BCUT2D eigenvalue weighted by molar-refractivity contribution is 0.102. The van der Waals surface area contributed by atoms with Gasteiger partial charge in [-0.3, -0.25) is 9.48 Å². The van der Waals surface area contributed by atoms with Crippen LogP contribution in [-0.2, 0) is 12.1 Å². The fraction of sp³-hybridized carbons (Fsp3) is 0.400. The SMILES string of the molecule is CC(C)(C)n1nc(C(=O)Nc2cccc(Cn3cncn3)c2)cc1C1CC1. The standard InChI is InChI=1S/C20H24N6O/c1-20(2,3)26-18(15-7-8-15)10-17(24-26)19(27)23-16-6-4-5-14(9-16)11-25-13-21-12-22-25/h4-6,9-10,12-13,15H,7-8,11H2,1-3H3,(H,23,27). The van der Waals surface area contributed by atoms with Crippen molar-refractivity contribution in [3.63, 3.8) is 0 Å². The van der Waals surface area contributed by atoms with Gasteiger partial charge in [-0.25, -0.2) is 9.67 Å². The van der Waals surface area contributed by atoms with Crippen LogP contribution in [0.4, 0.5) is 5.69 Å². The minimum Gasteiger partial charge on any atom is -0.321 e. The molecule has 3 aromatic rings. The van der Waals surface area contributed by atoms with Crippen LogP contribution in [0.2, 0.25) is 0 Å². The second kappa shape index (κ2) is 6.64. The third-order valence-electron chi connectivity index (χ3n) is 4.60. The Bertz CT molecular complexity index is 947. The summed E-state index contributed by atoms with van der Waals surface area (Å²) in [4.78, 5) is 16.7. The van der Waals surface area contributed by atoms with Crippen LogP contribution in [0.15, 0.2) is 43.0 Å². The molecule has 27 heavy (non-hydrogen) atoms. The largest absolute Gasteiger partial charge is 0.321 e. The zero-order valence-corrected chi connectivity index (χ0v) is 15.9. The summed E-state index contributed by atoms with van der Waals surface area (Å²) in [6.07, 6.45) is 5.53. The van der Waals surface area contributed by atoms with Gasteiger partial charge in [-0.2, -0.15) is 10.2 Å². The first-order chi connectivity index (χ1) is 12.9. The number of nitrogens with zero attached hydrogens (tertiary/aromatic N) is 5. The Morgan fingerprint density at radius 1 is 1.26 bits per heavy atom. The Kier molecular flexibility index (Phi) is 4.30. The number of aromatic nitrogens is 5. The zero-order chi connectivity index (χ0) is 19.0. The summed E-state index contributed by atoms with van der Waals surface area (Å²) in [6.45, 7) is 6.94. The van der Waals surface area contributed by atoms with E-state index in [2.05, 4.69) is 41.3 Å². The number of anilines is 1. The molecule has 0 bridgehead atoms. The summed E-state index contributed by atoms with van der Waals surface area (Å²) < 4.78 is 3.74. The highest BCUT2D eigenvalue weighted by Gasteiger charge is 2.32. The molecule has 0 aliphatic heterocycles. The van der Waals surface area contributed by atoms with Crippen molar-refractivity contribution in [2.24, 2.45) is 0 Å². The van der Waals surface area contributed by atoms with Gasteiger partial charge >= 0.3 is 0 Å². The van der Waals surface area contributed by atoms with E-state index in [1.54, 1.807) is 11.0 Å². The summed E-state index contributed by atoms with van der Waals surface area (Å²) in [5.41, 5.74) is 3.27. The van der Waals surface area contributed by atoms with Crippen LogP contribution in [0.25, 0.3) is 0 Å². The van der Waals surface area contributed by atoms with E-state index in [1.807, 2.05) is 35.0 Å². The van der Waals surface area contributed by atoms with E-state index in [9.17, 15) is 4.79 Å². The zero-order valence-electron chi connectivity index (χ0n) is 15.9. The lowest BCUT2D eigenvalue weighted by Crippen LogP contribution is -2.25. The third-order valence-corrected chi connectivity index (χ3v) is 4.60. The predicted molar refractivity (Wildman–Crippen MR) is 103 cm³/mol. The van der Waals surface area contributed by atoms with Crippen LogP contribution >= 0.6 is 0 Å². The summed E-state index contributed by atoms with van der Waals surface area (Å²) in [6, 6.07) is 9.69. The third kappa shape index (κ3) is 3.92. The van der Waals surface area contributed by atoms with Crippen molar-refractivity contribution in [1.29, 1.82) is 0 Å². The number of nitrogens with one attached hydrogen (secondary N) is 1. The van der Waals surface area contributed by atoms with Gasteiger partial charge in [0.15, 0.2) is 5.69 Å². The minimum absolute atomic E-state index is 0.145. The van der Waals surface area contributed by atoms with Crippen LogP contribution in [0.5, 0.6) is 0 Å². The highest BCUT2D eigenvalue weighted by Crippen LogP contribution is 2.41. The van der Waals surface area contributed by atoms with Crippen molar-refractivity contribution < 1.29 is 4.79 Å². The molecule has 140 valence electrons. The van der Waals surface area contributed by atoms with Crippen LogP contribution in [0, 0.1) is 0 Å². The van der Waals surface area contributed by atoms with E-state index in [1.165, 1.54) is 19.2 Å². The predicted octanol–water partition coefficient (Wildman–Crippen LogP) is 3.41. The van der Waals surface area contributed by atoms with Crippen molar-refractivity contribution in [3.05, 3.63) is 59.9 Å². The van der Waals surface area contributed by atoms with E-state index in [4.69, 9.17) is 0 Å². The molecule has 0 unspecified atom stereocenters. The Morgan fingerprint density at radius 3 is 2.74 bits per heavy atom. The summed E-state index contributed by atoms with van der Waals surface area (Å²) in [5.74, 6) is 0.349. The lowest BCUT2D eigenvalue weighted by Gasteiger charge is -2.22. The molecular formula is C20H24N6O. The molecule has 2 heterocycles. The molecule has 2 aromatic heterocycles. The van der Waals surface area contributed by atoms with Crippen molar-refractivity contribution in [1.82, 2.24) is 24.5 Å². The maximum atomic E-state index is 12.8. The molecule has 1 saturated carbocycles. The van der Waals surface area contributed by atoms with Crippen molar-refractivity contribution >= 4 is 11.6 Å². The molecule has 1 fully saturated rings.